The van der Waals surface area contributed by atoms with Crippen LogP contribution in [0, 0.1) is 0 Å². The van der Waals surface area contributed by atoms with E-state index in [1.54, 1.807) is 6.20 Å². The number of morpholine rings is 1. The van der Waals surface area contributed by atoms with Crippen LogP contribution in [0.2, 0.25) is 0 Å². The predicted octanol–water partition coefficient (Wildman–Crippen LogP) is 2.96. The summed E-state index contributed by atoms with van der Waals surface area (Å²) >= 11 is 1.38. The number of nitrogen functional groups attached to an aromatic ring is 1. The predicted molar refractivity (Wildman–Crippen MR) is 110 cm³/mol. The first-order valence-electron chi connectivity index (χ1n) is 9.20. The molecule has 4 rings (SSSR count). The molecule has 0 aliphatic carbocycles. The van der Waals surface area contributed by atoms with Crippen molar-refractivity contribution in [2.24, 2.45) is 0 Å². The van der Waals surface area contributed by atoms with Gasteiger partial charge in [0.25, 0.3) is 0 Å². The van der Waals surface area contributed by atoms with Crippen molar-refractivity contribution in [3.8, 4) is 11.3 Å². The summed E-state index contributed by atoms with van der Waals surface area (Å²) in [5.74, 6) is 6.23. The van der Waals surface area contributed by atoms with Crippen LogP contribution < -0.4 is 5.84 Å². The first-order chi connectivity index (χ1) is 13.7. The fourth-order valence-electron chi connectivity index (χ4n) is 3.16. The molecule has 144 valence electrons. The number of hydrogen-bond acceptors (Lipinski definition) is 5. The van der Waals surface area contributed by atoms with Crippen LogP contribution in [0.15, 0.2) is 72.0 Å². The lowest BCUT2D eigenvalue weighted by Gasteiger charge is -2.30. The quantitative estimate of drug-likeness (QED) is 0.532. The van der Waals surface area contributed by atoms with Crippen LogP contribution in [0.1, 0.15) is 10.8 Å². The smallest absolute Gasteiger partial charge is 0.240 e. The molecule has 1 aliphatic rings. The number of nitrogens with zero attached hydrogens (tertiary/aromatic N) is 3. The molecule has 1 atom stereocenters. The van der Waals surface area contributed by atoms with Gasteiger partial charge in [0.05, 0.1) is 25.1 Å². The minimum Gasteiger partial charge on any atom is -0.378 e. The van der Waals surface area contributed by atoms with E-state index in [2.05, 4.69) is 4.98 Å². The zero-order chi connectivity index (χ0) is 19.3. The summed E-state index contributed by atoms with van der Waals surface area (Å²) in [6, 6.07) is 19.6. The molecule has 0 unspecified atom stereocenters. The Bertz CT molecular complexity index is 924. The third-order valence-electron chi connectivity index (χ3n) is 4.64. The second kappa shape index (κ2) is 8.50. The number of amides is 1. The Morgan fingerprint density at radius 2 is 1.68 bits per heavy atom. The minimum atomic E-state index is -0.410. The fraction of sp³-hybridized carbons (Fsp3) is 0.238. The standard InChI is InChI=1S/C21H22N4O2S/c22-25-15-18(16-7-3-1-4-8-16)23-21(25)28-19(17-9-5-2-6-10-17)20(26)24-11-13-27-14-12-24/h1-10,15,19H,11-14,22H2/t19-/m1/s1. The lowest BCUT2D eigenvalue weighted by molar-refractivity contribution is -0.134. The Balaban J connectivity index is 1.63. The molecule has 1 amide bonds. The number of rotatable bonds is 5. The first-order valence-corrected chi connectivity index (χ1v) is 10.1. The number of imidazole rings is 1. The molecule has 2 N–H and O–H groups in total. The molecule has 0 spiro atoms. The second-order valence-electron chi connectivity index (χ2n) is 6.53. The Morgan fingerprint density at radius 1 is 1.04 bits per heavy atom. The van der Waals surface area contributed by atoms with Crippen molar-refractivity contribution in [3.63, 3.8) is 0 Å². The SMILES string of the molecule is Nn1cc(-c2ccccc2)nc1S[C@@H](C(=O)N1CCOCC1)c1ccccc1. The number of thioether (sulfide) groups is 1. The highest BCUT2D eigenvalue weighted by molar-refractivity contribution is 8.00. The van der Waals surface area contributed by atoms with Crippen molar-refractivity contribution in [3.05, 3.63) is 72.4 Å². The second-order valence-corrected chi connectivity index (χ2v) is 7.60. The average Bonchev–Trinajstić information content (AvgIpc) is 3.14. The van der Waals surface area contributed by atoms with Gasteiger partial charge < -0.3 is 15.5 Å². The molecule has 1 fully saturated rings. The molecule has 1 aromatic heterocycles. The first kappa shape index (κ1) is 18.6. The molecular formula is C21H22N4O2S. The van der Waals surface area contributed by atoms with Crippen LogP contribution >= 0.6 is 11.8 Å². The number of nitrogens with two attached hydrogens (primary N) is 1. The summed E-state index contributed by atoms with van der Waals surface area (Å²) in [5.41, 5.74) is 2.72. The molecular weight excluding hydrogens is 372 g/mol. The maximum Gasteiger partial charge on any atom is 0.240 e. The highest BCUT2D eigenvalue weighted by Gasteiger charge is 2.29. The van der Waals surface area contributed by atoms with E-state index in [9.17, 15) is 4.79 Å². The van der Waals surface area contributed by atoms with Crippen LogP contribution in [-0.4, -0.2) is 46.8 Å². The number of carbonyl (C=O) groups excluding carboxylic acids is 1. The van der Waals surface area contributed by atoms with E-state index >= 15 is 0 Å². The van der Waals surface area contributed by atoms with Gasteiger partial charge in [-0.1, -0.05) is 72.4 Å². The highest BCUT2D eigenvalue weighted by Crippen LogP contribution is 2.37. The number of carbonyl (C=O) groups is 1. The van der Waals surface area contributed by atoms with Crippen molar-refractivity contribution in [1.82, 2.24) is 14.6 Å². The summed E-state index contributed by atoms with van der Waals surface area (Å²) in [6.45, 7) is 2.35. The normalized spacial score (nSPS) is 15.4. The van der Waals surface area contributed by atoms with Gasteiger partial charge in [-0.3, -0.25) is 4.79 Å². The summed E-state index contributed by atoms with van der Waals surface area (Å²) < 4.78 is 6.88. The van der Waals surface area contributed by atoms with Crippen LogP contribution in [0.5, 0.6) is 0 Å². The number of ether oxygens (including phenoxy) is 1. The molecule has 0 saturated carbocycles. The summed E-state index contributed by atoms with van der Waals surface area (Å²) in [7, 11) is 0. The van der Waals surface area contributed by atoms with Gasteiger partial charge in [0.15, 0.2) is 5.16 Å². The zero-order valence-electron chi connectivity index (χ0n) is 15.4. The van der Waals surface area contributed by atoms with Crippen LogP contribution in [0.4, 0.5) is 0 Å². The minimum absolute atomic E-state index is 0.0590. The fourth-order valence-corrected chi connectivity index (χ4v) is 4.24. The van der Waals surface area contributed by atoms with Gasteiger partial charge >= 0.3 is 0 Å². The molecule has 6 nitrogen and oxygen atoms in total. The summed E-state index contributed by atoms with van der Waals surface area (Å²) in [6.07, 6.45) is 1.79. The largest absolute Gasteiger partial charge is 0.378 e. The van der Waals surface area contributed by atoms with Gasteiger partial charge in [-0.15, -0.1) is 0 Å². The van der Waals surface area contributed by atoms with Gasteiger partial charge in [0.1, 0.15) is 5.25 Å². The summed E-state index contributed by atoms with van der Waals surface area (Å²) in [4.78, 5) is 19.8. The lowest BCUT2D eigenvalue weighted by Crippen LogP contribution is -2.42. The Morgan fingerprint density at radius 3 is 2.36 bits per heavy atom. The molecule has 1 aliphatic heterocycles. The molecule has 3 aromatic rings. The Hall–Kier alpha value is -2.77. The molecule has 0 radical (unpaired) electrons. The maximum absolute atomic E-state index is 13.3. The van der Waals surface area contributed by atoms with E-state index in [4.69, 9.17) is 10.6 Å². The number of hydrogen-bond donors (Lipinski definition) is 1. The van der Waals surface area contributed by atoms with Crippen molar-refractivity contribution >= 4 is 17.7 Å². The van der Waals surface area contributed by atoms with Crippen molar-refractivity contribution < 1.29 is 9.53 Å². The van der Waals surface area contributed by atoms with Gasteiger partial charge in [-0.05, 0) is 5.56 Å². The molecule has 2 aromatic carbocycles. The molecule has 1 saturated heterocycles. The third-order valence-corrected chi connectivity index (χ3v) is 5.86. The van der Waals surface area contributed by atoms with E-state index in [1.165, 1.54) is 16.4 Å². The van der Waals surface area contributed by atoms with Gasteiger partial charge in [0.2, 0.25) is 5.91 Å². The van der Waals surface area contributed by atoms with Crippen LogP contribution in [-0.2, 0) is 9.53 Å². The average molecular weight is 395 g/mol. The van der Waals surface area contributed by atoms with E-state index in [-0.39, 0.29) is 5.91 Å². The van der Waals surface area contributed by atoms with Crippen molar-refractivity contribution in [1.29, 1.82) is 0 Å². The molecule has 7 heteroatoms. The van der Waals surface area contributed by atoms with Crippen LogP contribution in [0.25, 0.3) is 11.3 Å². The topological polar surface area (TPSA) is 73.4 Å². The van der Waals surface area contributed by atoms with Crippen molar-refractivity contribution in [2.45, 2.75) is 10.4 Å². The van der Waals surface area contributed by atoms with Gasteiger partial charge in [0, 0.05) is 18.7 Å². The van der Waals surface area contributed by atoms with E-state index in [0.29, 0.717) is 31.5 Å². The van der Waals surface area contributed by atoms with Gasteiger partial charge in [-0.2, -0.15) is 0 Å². The lowest BCUT2D eigenvalue weighted by atomic mass is 10.1. The maximum atomic E-state index is 13.3. The molecule has 0 bridgehead atoms. The van der Waals surface area contributed by atoms with E-state index < -0.39 is 5.25 Å². The Labute approximate surface area is 168 Å². The molecule has 2 heterocycles. The van der Waals surface area contributed by atoms with E-state index in [0.717, 1.165) is 16.8 Å². The summed E-state index contributed by atoms with van der Waals surface area (Å²) in [5, 5.41) is 0.196. The number of aromatic nitrogens is 2. The van der Waals surface area contributed by atoms with Gasteiger partial charge in [-0.25, -0.2) is 9.66 Å². The van der Waals surface area contributed by atoms with Crippen LogP contribution in [0.3, 0.4) is 0 Å². The molecule has 28 heavy (non-hydrogen) atoms. The van der Waals surface area contributed by atoms with Crippen molar-refractivity contribution in [2.75, 3.05) is 32.1 Å². The highest BCUT2D eigenvalue weighted by atomic mass is 32.2. The number of benzene rings is 2. The Kier molecular flexibility index (Phi) is 5.64. The van der Waals surface area contributed by atoms with E-state index in [1.807, 2.05) is 65.6 Å². The zero-order valence-corrected chi connectivity index (χ0v) is 16.2. The third kappa shape index (κ3) is 4.05. The monoisotopic (exact) mass is 394 g/mol.